The Balaban J connectivity index is 5.70. The number of hydrogen-bond acceptors (Lipinski definition) is 10. The van der Waals surface area contributed by atoms with Crippen LogP contribution >= 0.6 is 7.82 Å². The quantitative estimate of drug-likeness (QED) is 0.229. The summed E-state index contributed by atoms with van der Waals surface area (Å²) in [6.07, 6.45) is 2.38. The highest BCUT2D eigenvalue weighted by molar-refractivity contribution is 7.48. The fraction of sp³-hybridized carbons (Fsp3) is 0.143. The van der Waals surface area contributed by atoms with E-state index in [1.165, 1.54) is 0 Å². The standard InChI is InChI=1S/C14H15O11P/c1-5-10(15)22-14(23-11(16)6-2,24-12(17)7-3)9-21-26(19,20)25-13(18)8-4/h5-8H,1-4,9H2,(H,19,20). The predicted octanol–water partition coefficient (Wildman–Crippen LogP) is 0.674. The van der Waals surface area contributed by atoms with E-state index in [1.54, 1.807) is 0 Å². The van der Waals surface area contributed by atoms with E-state index in [4.69, 9.17) is 0 Å². The smallest absolute Gasteiger partial charge is 0.383 e. The van der Waals surface area contributed by atoms with Gasteiger partial charge in [0.2, 0.25) is 0 Å². The Kier molecular flexibility index (Phi) is 8.92. The van der Waals surface area contributed by atoms with Crippen LogP contribution in [-0.2, 0) is 47.0 Å². The summed E-state index contributed by atoms with van der Waals surface area (Å²) in [5.41, 5.74) is 0. The van der Waals surface area contributed by atoms with Gasteiger partial charge >= 0.3 is 37.7 Å². The van der Waals surface area contributed by atoms with E-state index in [-0.39, 0.29) is 0 Å². The van der Waals surface area contributed by atoms with Crippen LogP contribution in [0.3, 0.4) is 0 Å². The Bertz CT molecular complexity index is 623. The zero-order valence-corrected chi connectivity index (χ0v) is 14.2. The number of ether oxygens (including phenoxy) is 3. The molecule has 0 fully saturated rings. The van der Waals surface area contributed by atoms with Crippen molar-refractivity contribution in [3.63, 3.8) is 0 Å². The normalized spacial score (nSPS) is 12.5. The largest absolute Gasteiger partial charge is 0.530 e. The lowest BCUT2D eigenvalue weighted by atomic mass is 10.5. The van der Waals surface area contributed by atoms with Gasteiger partial charge in [-0.2, -0.15) is 0 Å². The predicted molar refractivity (Wildman–Crippen MR) is 83.7 cm³/mol. The highest BCUT2D eigenvalue weighted by Crippen LogP contribution is 2.44. The van der Waals surface area contributed by atoms with Gasteiger partial charge in [-0.1, -0.05) is 26.3 Å². The fourth-order valence-electron chi connectivity index (χ4n) is 1.07. The van der Waals surface area contributed by atoms with Gasteiger partial charge in [0.1, 0.15) is 0 Å². The molecule has 0 rings (SSSR count). The molecule has 0 spiro atoms. The molecule has 0 aromatic rings. The summed E-state index contributed by atoms with van der Waals surface area (Å²) in [7, 11) is -5.09. The molecule has 1 N–H and O–H groups in total. The van der Waals surface area contributed by atoms with Gasteiger partial charge in [0.05, 0.1) is 0 Å². The first-order chi connectivity index (χ1) is 12.0. The topological polar surface area (TPSA) is 152 Å². The molecule has 0 aliphatic rings. The Morgan fingerprint density at radius 3 is 1.46 bits per heavy atom. The van der Waals surface area contributed by atoms with Crippen molar-refractivity contribution in [3.8, 4) is 0 Å². The van der Waals surface area contributed by atoms with E-state index in [1.807, 2.05) is 0 Å². The molecule has 26 heavy (non-hydrogen) atoms. The number of carbonyl (C=O) groups excluding carboxylic acids is 4. The van der Waals surface area contributed by atoms with E-state index in [9.17, 15) is 28.6 Å². The maximum Gasteiger partial charge on any atom is 0.530 e. The van der Waals surface area contributed by atoms with E-state index in [0.29, 0.717) is 24.3 Å². The van der Waals surface area contributed by atoms with Gasteiger partial charge in [0.15, 0.2) is 6.61 Å². The summed E-state index contributed by atoms with van der Waals surface area (Å²) in [5, 5.41) is 0. The van der Waals surface area contributed by atoms with Gasteiger partial charge in [0.25, 0.3) is 0 Å². The van der Waals surface area contributed by atoms with Crippen molar-refractivity contribution in [2.24, 2.45) is 0 Å². The molecular formula is C14H15O11P. The molecule has 142 valence electrons. The maximum atomic E-state index is 11.7. The zero-order chi connectivity index (χ0) is 20.4. The van der Waals surface area contributed by atoms with Crippen LogP contribution in [0.2, 0.25) is 0 Å². The van der Waals surface area contributed by atoms with Gasteiger partial charge in [0, 0.05) is 24.3 Å². The van der Waals surface area contributed by atoms with Gasteiger partial charge < -0.3 is 18.7 Å². The van der Waals surface area contributed by atoms with Gasteiger partial charge in [-0.3, -0.25) is 9.42 Å². The van der Waals surface area contributed by atoms with Crippen molar-refractivity contribution in [1.82, 2.24) is 0 Å². The van der Waals surface area contributed by atoms with Crippen LogP contribution in [0.4, 0.5) is 0 Å². The van der Waals surface area contributed by atoms with E-state index < -0.39 is 44.3 Å². The van der Waals surface area contributed by atoms with Crippen LogP contribution in [0.15, 0.2) is 50.6 Å². The molecule has 0 heterocycles. The second-order valence-corrected chi connectivity index (χ2v) is 5.29. The minimum absolute atomic E-state index is 0.562. The Hall–Kier alpha value is -3.01. The van der Waals surface area contributed by atoms with Crippen molar-refractivity contribution in [2.75, 3.05) is 6.61 Å². The molecule has 1 unspecified atom stereocenters. The summed E-state index contributed by atoms with van der Waals surface area (Å²) < 4.78 is 33.9. The SMILES string of the molecule is C=CC(=O)OC(COP(=O)(O)OC(=O)C=C)(OC(=O)C=C)OC(=O)C=C. The van der Waals surface area contributed by atoms with Crippen LogP contribution in [0.25, 0.3) is 0 Å². The molecule has 0 aromatic heterocycles. The lowest BCUT2D eigenvalue weighted by molar-refractivity contribution is -0.334. The second-order valence-electron chi connectivity index (χ2n) is 3.92. The molecule has 0 bridgehead atoms. The van der Waals surface area contributed by atoms with Crippen molar-refractivity contribution >= 4 is 31.7 Å². The van der Waals surface area contributed by atoms with Crippen molar-refractivity contribution < 1.29 is 51.9 Å². The first kappa shape index (κ1) is 23.0. The van der Waals surface area contributed by atoms with Crippen LogP contribution in [-0.4, -0.2) is 41.4 Å². The molecule has 0 saturated carbocycles. The number of hydrogen-bond donors (Lipinski definition) is 1. The van der Waals surface area contributed by atoms with Gasteiger partial charge in [-0.15, -0.1) is 0 Å². The molecule has 1 atom stereocenters. The summed E-state index contributed by atoms with van der Waals surface area (Å²) in [4.78, 5) is 54.8. The average molecular weight is 390 g/mol. The fourth-order valence-corrected chi connectivity index (χ4v) is 1.75. The van der Waals surface area contributed by atoms with E-state index in [2.05, 4.69) is 49.6 Å². The van der Waals surface area contributed by atoms with Crippen LogP contribution in [0.1, 0.15) is 0 Å². The summed E-state index contributed by atoms with van der Waals surface area (Å²) in [6.45, 7) is 10.9. The highest BCUT2D eigenvalue weighted by atomic mass is 31.2. The minimum atomic E-state index is -5.09. The number of carbonyl (C=O) groups is 4. The summed E-state index contributed by atoms with van der Waals surface area (Å²) in [6, 6.07) is 0. The number of phosphoric ester groups is 1. The third-order valence-corrected chi connectivity index (χ3v) is 2.91. The molecule has 0 saturated heterocycles. The number of phosphoric acid groups is 1. The van der Waals surface area contributed by atoms with Crippen LogP contribution in [0.5, 0.6) is 0 Å². The van der Waals surface area contributed by atoms with Gasteiger partial charge in [-0.25, -0.2) is 23.7 Å². The zero-order valence-electron chi connectivity index (χ0n) is 13.3. The monoisotopic (exact) mass is 390 g/mol. The van der Waals surface area contributed by atoms with Gasteiger partial charge in [-0.05, 0) is 0 Å². The average Bonchev–Trinajstić information content (AvgIpc) is 2.59. The summed E-state index contributed by atoms with van der Waals surface area (Å²) in [5.74, 6) is -8.09. The van der Waals surface area contributed by atoms with E-state index >= 15 is 0 Å². The summed E-state index contributed by atoms with van der Waals surface area (Å²) >= 11 is 0. The second kappa shape index (κ2) is 10.1. The first-order valence-electron chi connectivity index (χ1n) is 6.42. The molecule has 0 aliphatic carbocycles. The van der Waals surface area contributed by atoms with E-state index in [0.717, 1.165) is 0 Å². The lowest BCUT2D eigenvalue weighted by Crippen LogP contribution is -2.47. The third-order valence-electron chi connectivity index (χ3n) is 2.04. The Morgan fingerprint density at radius 2 is 1.15 bits per heavy atom. The van der Waals surface area contributed by atoms with Crippen molar-refractivity contribution in [1.29, 1.82) is 0 Å². The third kappa shape index (κ3) is 8.20. The minimum Gasteiger partial charge on any atom is -0.383 e. The molecule has 11 nitrogen and oxygen atoms in total. The van der Waals surface area contributed by atoms with Crippen molar-refractivity contribution in [3.05, 3.63) is 50.6 Å². The highest BCUT2D eigenvalue weighted by Gasteiger charge is 2.46. The van der Waals surface area contributed by atoms with Crippen LogP contribution in [0, 0.1) is 0 Å². The molecule has 0 aromatic carbocycles. The Morgan fingerprint density at radius 1 is 0.808 bits per heavy atom. The van der Waals surface area contributed by atoms with Crippen molar-refractivity contribution in [2.45, 2.75) is 5.97 Å². The maximum absolute atomic E-state index is 11.7. The molecular weight excluding hydrogens is 375 g/mol. The molecule has 0 aliphatic heterocycles. The number of esters is 3. The Labute approximate surface area is 147 Å². The first-order valence-corrected chi connectivity index (χ1v) is 7.92. The molecule has 0 amide bonds. The molecule has 12 heteroatoms. The lowest BCUT2D eigenvalue weighted by Gasteiger charge is -2.29. The molecule has 0 radical (unpaired) electrons. The van der Waals surface area contributed by atoms with Crippen LogP contribution < -0.4 is 0 Å². The number of rotatable bonds is 11.